The number of thioether (sulfide) groups is 1. The van der Waals surface area contributed by atoms with Crippen molar-refractivity contribution in [3.05, 3.63) is 35.1 Å². The van der Waals surface area contributed by atoms with Crippen LogP contribution in [0.1, 0.15) is 115 Å². The number of aliphatic hydroxyl groups excluding tert-OH is 3. The van der Waals surface area contributed by atoms with Crippen LogP contribution in [0.2, 0.25) is 0 Å². The van der Waals surface area contributed by atoms with Gasteiger partial charge in [0.05, 0.1) is 47.6 Å². The summed E-state index contributed by atoms with van der Waals surface area (Å²) in [6.07, 6.45) is -2.45. The smallest absolute Gasteiger partial charge is 0.352 e. The molecule has 0 aromatic carbocycles. The van der Waals surface area contributed by atoms with Crippen LogP contribution in [0, 0.1) is 23.7 Å². The first-order chi connectivity index (χ1) is 34.8. The average molecular weight is 1080 g/mol. The van der Waals surface area contributed by atoms with Gasteiger partial charge in [0, 0.05) is 43.1 Å². The molecule has 75 heavy (non-hydrogen) atoms. The lowest BCUT2D eigenvalue weighted by Gasteiger charge is -2.49. The molecule has 9 N–H and O–H groups in total. The molecule has 21 nitrogen and oxygen atoms in total. The highest BCUT2D eigenvalue weighted by atomic mass is 32.2. The summed E-state index contributed by atoms with van der Waals surface area (Å²) in [5.41, 5.74) is 2.65. The van der Waals surface area contributed by atoms with Crippen LogP contribution in [-0.4, -0.2) is 199 Å². The molecule has 0 radical (unpaired) electrons. The number of nitrogens with two attached hydrogens (primary N) is 1. The van der Waals surface area contributed by atoms with Gasteiger partial charge in [-0.1, -0.05) is 45.9 Å². The Morgan fingerprint density at radius 2 is 1.63 bits per heavy atom. The van der Waals surface area contributed by atoms with Crippen molar-refractivity contribution in [1.82, 2.24) is 15.1 Å². The molecule has 0 aromatic heterocycles. The van der Waals surface area contributed by atoms with E-state index >= 15 is 0 Å². The molecule has 2 amide bonds. The number of fused-ring (bicyclic) bond motifs is 1. The molecule has 21 atom stereocenters. The van der Waals surface area contributed by atoms with E-state index in [4.69, 9.17) is 34.2 Å². The quantitative estimate of drug-likeness (QED) is 0.0835. The Hall–Kier alpha value is -3.36. The zero-order chi connectivity index (χ0) is 56.4. The van der Waals surface area contributed by atoms with Gasteiger partial charge in [-0.3, -0.25) is 24.1 Å². The van der Waals surface area contributed by atoms with Gasteiger partial charge in [-0.25, -0.2) is 4.79 Å². The molecule has 6 aliphatic rings. The highest BCUT2D eigenvalue weighted by molar-refractivity contribution is 8.00. The lowest BCUT2D eigenvalue weighted by Crippen LogP contribution is -2.71. The van der Waals surface area contributed by atoms with Crippen molar-refractivity contribution in [2.24, 2.45) is 29.4 Å². The van der Waals surface area contributed by atoms with E-state index in [1.54, 1.807) is 48.5 Å². The third-order valence-corrected chi connectivity index (χ3v) is 17.6. The average Bonchev–Trinajstić information content (AvgIpc) is 3.36. The second kappa shape index (κ2) is 25.2. The first kappa shape index (κ1) is 62.5. The number of carbonyl (C=O) groups excluding carboxylic acids is 4. The van der Waals surface area contributed by atoms with E-state index in [2.05, 4.69) is 5.32 Å². The second-order valence-corrected chi connectivity index (χ2v) is 23.6. The summed E-state index contributed by atoms with van der Waals surface area (Å²) in [4.78, 5) is 67.0. The summed E-state index contributed by atoms with van der Waals surface area (Å²) in [5, 5.41) is 69.2. The summed E-state index contributed by atoms with van der Waals surface area (Å²) in [6.45, 7) is 18.0. The van der Waals surface area contributed by atoms with Gasteiger partial charge in [0.1, 0.15) is 52.9 Å². The fourth-order valence-corrected chi connectivity index (χ4v) is 12.8. The Balaban J connectivity index is 0.000000358. The zero-order valence-electron chi connectivity index (χ0n) is 46.1. The van der Waals surface area contributed by atoms with E-state index in [0.717, 1.165) is 12.0 Å². The van der Waals surface area contributed by atoms with E-state index in [0.29, 0.717) is 24.2 Å². The molecule has 4 saturated heterocycles. The van der Waals surface area contributed by atoms with E-state index < -0.39 is 137 Å². The van der Waals surface area contributed by atoms with Crippen LogP contribution < -0.4 is 11.1 Å². The fourth-order valence-electron chi connectivity index (χ4n) is 11.5. The number of ketones is 1. The molecule has 0 aromatic rings. The predicted molar refractivity (Wildman–Crippen MR) is 276 cm³/mol. The molecule has 1 aliphatic carbocycles. The summed E-state index contributed by atoms with van der Waals surface area (Å²) in [5.74, 6) is -6.38. The number of cyclic esters (lactones) is 1. The van der Waals surface area contributed by atoms with Crippen LogP contribution in [0.15, 0.2) is 35.1 Å². The summed E-state index contributed by atoms with van der Waals surface area (Å²) in [7, 11) is 5.18. The van der Waals surface area contributed by atoms with Crippen molar-refractivity contribution in [2.75, 3.05) is 27.0 Å². The van der Waals surface area contributed by atoms with Gasteiger partial charge < -0.3 is 75.0 Å². The Morgan fingerprint density at radius 1 is 0.973 bits per heavy atom. The zero-order valence-corrected chi connectivity index (χ0v) is 46.9. The first-order valence-electron chi connectivity index (χ1n) is 26.2. The molecule has 0 unspecified atom stereocenters. The number of carboxylic acids is 1. The van der Waals surface area contributed by atoms with Crippen LogP contribution in [0.5, 0.6) is 0 Å². The van der Waals surface area contributed by atoms with E-state index in [-0.39, 0.29) is 42.5 Å². The number of carbonyl (C=O) groups is 5. The number of esters is 1. The highest BCUT2D eigenvalue weighted by Gasteiger charge is 2.56. The van der Waals surface area contributed by atoms with Gasteiger partial charge in [-0.05, 0) is 106 Å². The molecule has 0 saturated carbocycles. The molecule has 5 heterocycles. The lowest BCUT2D eigenvalue weighted by atomic mass is 9.74. The third kappa shape index (κ3) is 13.6. The first-order valence-corrected chi connectivity index (χ1v) is 27.2. The monoisotopic (exact) mass is 1080 g/mol. The Morgan fingerprint density at radius 3 is 2.20 bits per heavy atom. The normalized spacial score (nSPS) is 42.5. The van der Waals surface area contributed by atoms with Crippen molar-refractivity contribution >= 4 is 41.3 Å². The number of Topliss-reactive ketones (excluding diaryl/α,β-unsaturated/α-hetero) is 1. The lowest BCUT2D eigenvalue weighted by molar-refractivity contribution is -0.318. The van der Waals surface area contributed by atoms with E-state index in [9.17, 15) is 54.6 Å². The molecule has 4 fully saturated rings. The SMILES string of the molecule is CC1=C(C(=O)O)N2C(=O)[C@@H](NC(=O)[C@H](N)C3=CCC=CC3)[C@H]2SC1.CC[C@H]1OC(=O)[C@H](C)[C@@H](O[C@H]2C[C@@](C)(OC)[C@@H](O)[C@H](C)O2)[C@H](C)[C@@H](O[C@@H]2O[C@H](C)C[C@H](N(C)C)[C@H]2O)[C@](C)(O)C[C@@H](C)C(=O)[C@H](C)[C@@H](O)[C@]1(C)O. The number of β-lactam (4-membered cyclic amide) rings is 1. The number of aliphatic hydroxyl groups is 5. The van der Waals surface area contributed by atoms with Crippen LogP contribution in [0.3, 0.4) is 0 Å². The van der Waals surface area contributed by atoms with Gasteiger partial charge in [0.15, 0.2) is 12.6 Å². The molecule has 426 valence electrons. The van der Waals surface area contributed by atoms with Crippen LogP contribution in [0.4, 0.5) is 0 Å². The Bertz CT molecular complexity index is 2150. The summed E-state index contributed by atoms with van der Waals surface area (Å²) in [6, 6.07) is -1.84. The number of allylic oxidation sites excluding steroid dienone is 3. The number of amides is 2. The van der Waals surface area contributed by atoms with E-state index in [1.165, 1.54) is 44.5 Å². The number of nitrogens with one attached hydrogen (secondary N) is 1. The van der Waals surface area contributed by atoms with Gasteiger partial charge in [0.25, 0.3) is 5.91 Å². The van der Waals surface area contributed by atoms with Crippen molar-refractivity contribution < 1.29 is 83.0 Å². The number of aliphatic carboxylic acids is 1. The fraction of sp³-hybridized carbons (Fsp3) is 0.792. The maximum Gasteiger partial charge on any atom is 0.352 e. The molecule has 6 rings (SSSR count). The highest BCUT2D eigenvalue weighted by Crippen LogP contribution is 2.42. The molecular weight excluding hydrogens is 997 g/mol. The largest absolute Gasteiger partial charge is 0.477 e. The molecule has 0 bridgehead atoms. The minimum absolute atomic E-state index is 0.0265. The molecule has 0 spiro atoms. The summed E-state index contributed by atoms with van der Waals surface area (Å²) >= 11 is 1.45. The van der Waals surface area contributed by atoms with Gasteiger partial charge in [-0.2, -0.15) is 0 Å². The maximum absolute atomic E-state index is 14.1. The minimum Gasteiger partial charge on any atom is -0.477 e. The molecular formula is C53H86N4O17S. The van der Waals surface area contributed by atoms with Crippen molar-refractivity contribution in [3.63, 3.8) is 0 Å². The van der Waals surface area contributed by atoms with Crippen LogP contribution in [-0.2, 0) is 52.4 Å². The van der Waals surface area contributed by atoms with Crippen molar-refractivity contribution in [3.8, 4) is 0 Å². The maximum atomic E-state index is 14.1. The number of carboxylic acid groups (broad SMARTS) is 1. The number of ether oxygens (including phenoxy) is 6. The Labute approximate surface area is 445 Å². The molecule has 22 heteroatoms. The number of nitrogens with zero attached hydrogens (tertiary/aromatic N) is 2. The second-order valence-electron chi connectivity index (χ2n) is 22.5. The molecule has 5 aliphatic heterocycles. The number of methoxy groups -OCH3 is 1. The third-order valence-electron chi connectivity index (χ3n) is 16.2. The van der Waals surface area contributed by atoms with Crippen molar-refractivity contribution in [1.29, 1.82) is 0 Å². The number of likely N-dealkylation sites (N-methyl/N-ethyl adjacent to an activating group) is 1. The number of hydrogen-bond acceptors (Lipinski definition) is 19. The minimum atomic E-state index is -1.99. The topological polar surface area (TPSA) is 307 Å². The summed E-state index contributed by atoms with van der Waals surface area (Å²) < 4.78 is 37.1. The van der Waals surface area contributed by atoms with Gasteiger partial charge >= 0.3 is 11.9 Å². The number of hydrogen-bond donors (Lipinski definition) is 8. The van der Waals surface area contributed by atoms with Gasteiger partial charge in [0.2, 0.25) is 5.91 Å². The Kier molecular flexibility index (Phi) is 21.0. The van der Waals surface area contributed by atoms with Crippen LogP contribution in [0.25, 0.3) is 0 Å². The standard InChI is InChI=1S/C37H67NO13.C16H19N3O4S/c1-14-25-37(10,45)30(41)20(4)27(39)18(2)16-35(8,44)32(51-34-28(40)24(38(11)12)15-19(3)47-34)21(5)29(22(6)33(43)49-25)50-26-17-36(9,46-13)31(42)23(7)48-26;1-8-7-24-15-11(14(21)19(15)12(8)16(22)23)18-13(20)10(17)9-5-3-2-4-6-9/h18-26,28-32,34,40-42,44-45H,14-17H2,1-13H3;2-3,6,10-11,15H,4-5,7,17H2,1H3,(H,18,20)(H,22,23)/t18-,19-,20+,21+,22-,23+,24+,25-,26+,28-,29+,30-,31+,32-,34+,35-,36-,37-;10-,11-,15-/m11/s1. The van der Waals surface area contributed by atoms with E-state index in [1.807, 2.05) is 44.1 Å². The van der Waals surface area contributed by atoms with Gasteiger partial charge in [-0.15, -0.1) is 11.8 Å². The predicted octanol–water partition coefficient (Wildman–Crippen LogP) is 2.13. The van der Waals surface area contributed by atoms with Crippen molar-refractivity contribution in [2.45, 2.75) is 216 Å². The number of rotatable bonds is 11. The van der Waals surface area contributed by atoms with Crippen LogP contribution >= 0.6 is 11.8 Å².